The van der Waals surface area contributed by atoms with Crippen LogP contribution in [0.15, 0.2) is 42.5 Å². The van der Waals surface area contributed by atoms with Gasteiger partial charge in [-0.2, -0.15) is 13.2 Å². The second kappa shape index (κ2) is 13.0. The number of carbonyl (C=O) groups is 2. The Kier molecular flexibility index (Phi) is 9.71. The maximum absolute atomic E-state index is 14.9. The third-order valence-electron chi connectivity index (χ3n) is 8.41. The van der Waals surface area contributed by atoms with E-state index in [0.29, 0.717) is 48.6 Å². The van der Waals surface area contributed by atoms with Crippen molar-refractivity contribution in [3.63, 3.8) is 0 Å². The van der Waals surface area contributed by atoms with Gasteiger partial charge in [0.1, 0.15) is 11.6 Å². The first-order chi connectivity index (χ1) is 19.2. The number of likely N-dealkylation sites (tertiary alicyclic amines) is 2. The van der Waals surface area contributed by atoms with Crippen LogP contribution in [0.3, 0.4) is 0 Å². The van der Waals surface area contributed by atoms with E-state index in [9.17, 15) is 22.4 Å². The fraction of sp³-hybridized carbons (Fsp3) is 0.533. The lowest BCUT2D eigenvalue weighted by atomic mass is 9.67. The number of hydrogen-bond acceptors (Lipinski definition) is 4. The van der Waals surface area contributed by atoms with Gasteiger partial charge in [0.2, 0.25) is 6.41 Å². The summed E-state index contributed by atoms with van der Waals surface area (Å²) in [6, 6.07) is 11.8. The molecule has 0 spiro atoms. The van der Waals surface area contributed by atoms with E-state index in [-0.39, 0.29) is 37.6 Å². The quantitative estimate of drug-likeness (QED) is 0.349. The standard InChI is InChI=1S/C29H34F4N2O2.CH3NO/c30-26-18-24(8-9-25(26)22-4-6-23(7-5-22)27(36)35-14-1-2-15-35)37-19-21-10-16-34(17-11-21)20-28(12-3-13-28)29(31,32)33;2-1-3/h4-9,18,21H,1-3,10-17,19-20H2;1H,(H2,2,3). The molecule has 3 aliphatic rings. The van der Waals surface area contributed by atoms with Crippen LogP contribution in [-0.2, 0) is 4.79 Å². The predicted octanol–water partition coefficient (Wildman–Crippen LogP) is 5.65. The Labute approximate surface area is 232 Å². The molecule has 0 atom stereocenters. The highest BCUT2D eigenvalue weighted by atomic mass is 19.4. The molecule has 1 aliphatic carbocycles. The molecule has 2 N–H and O–H groups in total. The molecule has 0 radical (unpaired) electrons. The molecule has 10 heteroatoms. The van der Waals surface area contributed by atoms with E-state index in [1.165, 1.54) is 6.07 Å². The molecular weight excluding hydrogens is 526 g/mol. The first kappa shape index (κ1) is 29.8. The van der Waals surface area contributed by atoms with E-state index in [0.717, 1.165) is 38.8 Å². The van der Waals surface area contributed by atoms with Crippen molar-refractivity contribution in [2.45, 2.75) is 51.1 Å². The average molecular weight is 564 g/mol. The van der Waals surface area contributed by atoms with Crippen LogP contribution in [0.1, 0.15) is 55.3 Å². The molecule has 2 aromatic rings. The first-order valence-electron chi connectivity index (χ1n) is 13.9. The summed E-state index contributed by atoms with van der Waals surface area (Å²) < 4.78 is 61.2. The molecular formula is C30H37F4N3O3. The number of hydrogen-bond donors (Lipinski definition) is 1. The summed E-state index contributed by atoms with van der Waals surface area (Å²) in [5, 5.41) is 0. The predicted molar refractivity (Wildman–Crippen MR) is 144 cm³/mol. The first-order valence-corrected chi connectivity index (χ1v) is 13.9. The average Bonchev–Trinajstić information content (AvgIpc) is 3.45. The number of nitrogens with zero attached hydrogens (tertiary/aromatic N) is 2. The maximum atomic E-state index is 14.9. The number of alkyl halides is 3. The minimum absolute atomic E-state index is 0.0157. The number of benzene rings is 2. The molecule has 6 nitrogen and oxygen atoms in total. The summed E-state index contributed by atoms with van der Waals surface area (Å²) in [7, 11) is 0. The van der Waals surface area contributed by atoms with Gasteiger partial charge in [0.25, 0.3) is 5.91 Å². The van der Waals surface area contributed by atoms with Crippen LogP contribution in [-0.4, -0.2) is 67.6 Å². The zero-order chi connectivity index (χ0) is 28.8. The zero-order valence-electron chi connectivity index (χ0n) is 22.6. The van der Waals surface area contributed by atoms with Gasteiger partial charge in [-0.3, -0.25) is 9.59 Å². The molecule has 40 heavy (non-hydrogen) atoms. The lowest BCUT2D eigenvalue weighted by Gasteiger charge is -2.47. The van der Waals surface area contributed by atoms with E-state index < -0.39 is 17.4 Å². The maximum Gasteiger partial charge on any atom is 0.395 e. The zero-order valence-corrected chi connectivity index (χ0v) is 22.6. The Morgan fingerprint density at radius 1 is 1.00 bits per heavy atom. The van der Waals surface area contributed by atoms with Crippen molar-refractivity contribution < 1.29 is 31.9 Å². The lowest BCUT2D eigenvalue weighted by Crippen LogP contribution is -2.53. The van der Waals surface area contributed by atoms with Crippen LogP contribution in [0.4, 0.5) is 17.6 Å². The molecule has 2 amide bonds. The van der Waals surface area contributed by atoms with Gasteiger partial charge in [-0.15, -0.1) is 0 Å². The molecule has 218 valence electrons. The van der Waals surface area contributed by atoms with E-state index >= 15 is 0 Å². The van der Waals surface area contributed by atoms with Crippen molar-refractivity contribution in [2.24, 2.45) is 17.1 Å². The topological polar surface area (TPSA) is 75.9 Å². The summed E-state index contributed by atoms with van der Waals surface area (Å²) in [5.74, 6) is 0.295. The minimum Gasteiger partial charge on any atom is -0.493 e. The van der Waals surface area contributed by atoms with Gasteiger partial charge in [0.15, 0.2) is 0 Å². The Morgan fingerprint density at radius 2 is 1.62 bits per heavy atom. The van der Waals surface area contributed by atoms with Gasteiger partial charge in [-0.05, 0) is 87.4 Å². The number of piperidine rings is 1. The summed E-state index contributed by atoms with van der Waals surface area (Å²) in [4.78, 5) is 24.9. The SMILES string of the molecule is NC=O.O=C(c1ccc(-c2ccc(OCC3CCN(CC4(C(F)(F)F)CCC4)CC3)cc2F)cc1)N1CCCC1. The fourth-order valence-corrected chi connectivity index (χ4v) is 5.80. The van der Waals surface area contributed by atoms with Crippen molar-refractivity contribution >= 4 is 12.3 Å². The monoisotopic (exact) mass is 563 g/mol. The van der Waals surface area contributed by atoms with Crippen LogP contribution in [0.5, 0.6) is 5.75 Å². The van der Waals surface area contributed by atoms with Crippen LogP contribution >= 0.6 is 0 Å². The van der Waals surface area contributed by atoms with Crippen LogP contribution in [0, 0.1) is 17.2 Å². The van der Waals surface area contributed by atoms with Crippen LogP contribution in [0.25, 0.3) is 11.1 Å². The number of amides is 2. The number of primary amides is 1. The van der Waals surface area contributed by atoms with Crippen molar-refractivity contribution in [3.05, 3.63) is 53.8 Å². The van der Waals surface area contributed by atoms with Gasteiger partial charge in [0, 0.05) is 36.8 Å². The molecule has 0 aromatic heterocycles. The van der Waals surface area contributed by atoms with Gasteiger partial charge in [0.05, 0.1) is 12.0 Å². The molecule has 0 unspecified atom stereocenters. The Balaban J connectivity index is 0.00000118. The molecule has 2 saturated heterocycles. The summed E-state index contributed by atoms with van der Waals surface area (Å²) >= 11 is 0. The highest BCUT2D eigenvalue weighted by Gasteiger charge is 2.58. The second-order valence-electron chi connectivity index (χ2n) is 11.0. The van der Waals surface area contributed by atoms with E-state index in [4.69, 9.17) is 9.53 Å². The molecule has 1 saturated carbocycles. The third kappa shape index (κ3) is 6.95. The Morgan fingerprint density at radius 3 is 2.15 bits per heavy atom. The van der Waals surface area contributed by atoms with Crippen molar-refractivity contribution in [1.29, 1.82) is 0 Å². The number of ether oxygens (including phenoxy) is 1. The van der Waals surface area contributed by atoms with Gasteiger partial charge in [-0.25, -0.2) is 4.39 Å². The second-order valence-corrected chi connectivity index (χ2v) is 11.0. The van der Waals surface area contributed by atoms with Crippen molar-refractivity contribution in [1.82, 2.24) is 9.80 Å². The van der Waals surface area contributed by atoms with Crippen LogP contribution < -0.4 is 10.5 Å². The fourth-order valence-electron chi connectivity index (χ4n) is 5.80. The van der Waals surface area contributed by atoms with Gasteiger partial charge < -0.3 is 20.3 Å². The molecule has 0 bridgehead atoms. The van der Waals surface area contributed by atoms with Crippen LogP contribution in [0.2, 0.25) is 0 Å². The van der Waals surface area contributed by atoms with Crippen molar-refractivity contribution in [2.75, 3.05) is 39.3 Å². The minimum atomic E-state index is -4.13. The Hall–Kier alpha value is -3.14. The molecule has 2 aliphatic heterocycles. The molecule has 3 fully saturated rings. The van der Waals surface area contributed by atoms with E-state index in [2.05, 4.69) is 5.73 Å². The third-order valence-corrected chi connectivity index (χ3v) is 8.41. The number of halogens is 4. The number of rotatable bonds is 7. The summed E-state index contributed by atoms with van der Waals surface area (Å²) in [6.07, 6.45) is 0.867. The molecule has 5 rings (SSSR count). The molecule has 2 aromatic carbocycles. The largest absolute Gasteiger partial charge is 0.493 e. The summed E-state index contributed by atoms with van der Waals surface area (Å²) in [6.45, 7) is 3.36. The lowest BCUT2D eigenvalue weighted by molar-refractivity contribution is -0.256. The number of carbonyl (C=O) groups excluding carboxylic acids is 2. The van der Waals surface area contributed by atoms with E-state index in [1.54, 1.807) is 36.4 Å². The Bertz CT molecular complexity index is 1140. The van der Waals surface area contributed by atoms with Gasteiger partial charge in [-0.1, -0.05) is 18.6 Å². The highest BCUT2D eigenvalue weighted by Crippen LogP contribution is 2.53. The van der Waals surface area contributed by atoms with Gasteiger partial charge >= 0.3 is 6.18 Å². The summed E-state index contributed by atoms with van der Waals surface area (Å²) in [5.41, 5.74) is 4.39. The normalized spacial score (nSPS) is 19.4. The van der Waals surface area contributed by atoms with Crippen molar-refractivity contribution in [3.8, 4) is 16.9 Å². The highest BCUT2D eigenvalue weighted by molar-refractivity contribution is 5.94. The number of nitrogens with two attached hydrogens (primary N) is 1. The smallest absolute Gasteiger partial charge is 0.395 e. The molecule has 2 heterocycles. The van der Waals surface area contributed by atoms with E-state index in [1.807, 2.05) is 9.80 Å².